The van der Waals surface area contributed by atoms with Gasteiger partial charge >= 0.3 is 0 Å². The highest BCUT2D eigenvalue weighted by atomic mass is 16.7. The van der Waals surface area contributed by atoms with E-state index in [2.05, 4.69) is 0 Å². The number of methoxy groups -OCH3 is 2. The van der Waals surface area contributed by atoms with Crippen molar-refractivity contribution < 1.29 is 23.7 Å². The first-order valence-corrected chi connectivity index (χ1v) is 8.43. The fourth-order valence-corrected chi connectivity index (χ4v) is 3.37. The van der Waals surface area contributed by atoms with Crippen LogP contribution in [0.4, 0.5) is 5.69 Å². The molecule has 0 N–H and O–H groups in total. The van der Waals surface area contributed by atoms with Gasteiger partial charge in [0.1, 0.15) is 0 Å². The SMILES string of the molecule is COc1ccc(-c2ccc3cc4c(cc3c2N(C)C=O)OCO4)cc1OC. The number of nitrogens with zero attached hydrogens (tertiary/aromatic N) is 1. The number of ether oxygens (including phenoxy) is 4. The van der Waals surface area contributed by atoms with Crippen LogP contribution in [0.5, 0.6) is 23.0 Å². The summed E-state index contributed by atoms with van der Waals surface area (Å²) in [7, 11) is 4.93. The number of hydrogen-bond donors (Lipinski definition) is 0. The Kier molecular flexibility index (Phi) is 4.24. The molecular formula is C21H19NO5. The minimum atomic E-state index is 0.201. The third kappa shape index (κ3) is 2.79. The summed E-state index contributed by atoms with van der Waals surface area (Å²) in [6.07, 6.45) is 0.795. The molecule has 4 rings (SSSR count). The molecule has 0 saturated heterocycles. The maximum Gasteiger partial charge on any atom is 0.231 e. The molecule has 1 heterocycles. The van der Waals surface area contributed by atoms with Gasteiger partial charge in [0.05, 0.1) is 19.9 Å². The molecule has 1 aliphatic rings. The fraction of sp³-hybridized carbons (Fsp3) is 0.190. The van der Waals surface area contributed by atoms with Crippen molar-refractivity contribution in [1.82, 2.24) is 0 Å². The van der Waals surface area contributed by atoms with Gasteiger partial charge in [-0.15, -0.1) is 0 Å². The Morgan fingerprint density at radius 2 is 1.70 bits per heavy atom. The van der Waals surface area contributed by atoms with Crippen LogP contribution in [0.15, 0.2) is 42.5 Å². The second-order valence-corrected chi connectivity index (χ2v) is 6.17. The number of hydrogen-bond acceptors (Lipinski definition) is 5. The minimum Gasteiger partial charge on any atom is -0.493 e. The first-order chi connectivity index (χ1) is 13.2. The van der Waals surface area contributed by atoms with Crippen molar-refractivity contribution in [2.75, 3.05) is 33.0 Å². The summed E-state index contributed by atoms with van der Waals surface area (Å²) < 4.78 is 21.7. The Balaban J connectivity index is 1.97. The second-order valence-electron chi connectivity index (χ2n) is 6.17. The Morgan fingerprint density at radius 1 is 0.963 bits per heavy atom. The molecule has 3 aromatic carbocycles. The van der Waals surface area contributed by atoms with Crippen LogP contribution in [0.2, 0.25) is 0 Å². The summed E-state index contributed by atoms with van der Waals surface area (Å²) in [5, 5.41) is 1.87. The Bertz CT molecular complexity index is 1030. The monoisotopic (exact) mass is 365 g/mol. The van der Waals surface area contributed by atoms with E-state index in [-0.39, 0.29) is 6.79 Å². The zero-order chi connectivity index (χ0) is 19.0. The molecule has 0 saturated carbocycles. The molecule has 0 radical (unpaired) electrons. The molecule has 0 spiro atoms. The van der Waals surface area contributed by atoms with Crippen LogP contribution in [0.1, 0.15) is 0 Å². The summed E-state index contributed by atoms with van der Waals surface area (Å²) in [4.78, 5) is 13.2. The van der Waals surface area contributed by atoms with Crippen LogP contribution in [0, 0.1) is 0 Å². The van der Waals surface area contributed by atoms with Gasteiger partial charge in [0.25, 0.3) is 0 Å². The molecule has 1 amide bonds. The summed E-state index contributed by atoms with van der Waals surface area (Å²) in [5.74, 6) is 2.66. The van der Waals surface area contributed by atoms with E-state index >= 15 is 0 Å². The van der Waals surface area contributed by atoms with E-state index in [4.69, 9.17) is 18.9 Å². The van der Waals surface area contributed by atoms with Crippen LogP contribution in [0.3, 0.4) is 0 Å². The molecule has 138 valence electrons. The lowest BCUT2D eigenvalue weighted by Crippen LogP contribution is -2.15. The number of amides is 1. The first kappa shape index (κ1) is 17.0. The van der Waals surface area contributed by atoms with Crippen molar-refractivity contribution in [3.05, 3.63) is 42.5 Å². The topological polar surface area (TPSA) is 57.2 Å². The van der Waals surface area contributed by atoms with E-state index < -0.39 is 0 Å². The van der Waals surface area contributed by atoms with Gasteiger partial charge in [0.2, 0.25) is 13.2 Å². The largest absolute Gasteiger partial charge is 0.493 e. The van der Waals surface area contributed by atoms with Gasteiger partial charge in [-0.1, -0.05) is 18.2 Å². The van der Waals surface area contributed by atoms with Crippen LogP contribution >= 0.6 is 0 Å². The summed E-state index contributed by atoms with van der Waals surface area (Å²) in [6, 6.07) is 13.5. The van der Waals surface area contributed by atoms with Crippen molar-refractivity contribution in [3.8, 4) is 34.1 Å². The van der Waals surface area contributed by atoms with Crippen molar-refractivity contribution in [2.45, 2.75) is 0 Å². The Labute approximate surface area is 156 Å². The van der Waals surface area contributed by atoms with E-state index in [9.17, 15) is 4.79 Å². The van der Waals surface area contributed by atoms with Crippen LogP contribution < -0.4 is 23.8 Å². The van der Waals surface area contributed by atoms with E-state index in [1.807, 2.05) is 42.5 Å². The third-order valence-electron chi connectivity index (χ3n) is 4.69. The third-order valence-corrected chi connectivity index (χ3v) is 4.69. The Hall–Kier alpha value is -3.41. The molecule has 0 aliphatic carbocycles. The highest BCUT2D eigenvalue weighted by Gasteiger charge is 2.20. The average Bonchev–Trinajstić information content (AvgIpc) is 3.17. The molecule has 0 bridgehead atoms. The van der Waals surface area contributed by atoms with Gasteiger partial charge < -0.3 is 23.8 Å². The summed E-state index contributed by atoms with van der Waals surface area (Å²) in [6.45, 7) is 0.201. The molecular weight excluding hydrogens is 346 g/mol. The van der Waals surface area contributed by atoms with Gasteiger partial charge in [-0.3, -0.25) is 4.79 Å². The maximum absolute atomic E-state index is 11.6. The second kappa shape index (κ2) is 6.72. The highest BCUT2D eigenvalue weighted by Crippen LogP contribution is 2.44. The molecule has 0 fully saturated rings. The van der Waals surface area contributed by atoms with Gasteiger partial charge in [-0.25, -0.2) is 0 Å². The molecule has 0 atom stereocenters. The van der Waals surface area contributed by atoms with E-state index in [1.54, 1.807) is 26.2 Å². The normalized spacial score (nSPS) is 12.1. The average molecular weight is 365 g/mol. The molecule has 6 heteroatoms. The van der Waals surface area contributed by atoms with Gasteiger partial charge in [-0.05, 0) is 35.2 Å². The molecule has 27 heavy (non-hydrogen) atoms. The lowest BCUT2D eigenvalue weighted by Gasteiger charge is -2.20. The molecule has 0 aromatic heterocycles. The fourth-order valence-electron chi connectivity index (χ4n) is 3.37. The minimum absolute atomic E-state index is 0.201. The maximum atomic E-state index is 11.6. The van der Waals surface area contributed by atoms with Crippen LogP contribution in [0.25, 0.3) is 21.9 Å². The standard InChI is InChI=1S/C21H19NO5/c1-22(11-23)21-15(13-5-7-17(24-2)18(8-13)25-3)6-4-14-9-19-20(10-16(14)21)27-12-26-19/h4-11H,12H2,1-3H3. The Morgan fingerprint density at radius 3 is 2.41 bits per heavy atom. The van der Waals surface area contributed by atoms with Gasteiger partial charge in [-0.2, -0.15) is 0 Å². The lowest BCUT2D eigenvalue weighted by molar-refractivity contribution is -0.107. The number of benzene rings is 3. The summed E-state index contributed by atoms with van der Waals surface area (Å²) >= 11 is 0. The highest BCUT2D eigenvalue weighted by molar-refractivity contribution is 6.06. The van der Waals surface area contributed by atoms with Gasteiger partial charge in [0.15, 0.2) is 23.0 Å². The summed E-state index contributed by atoms with van der Waals surface area (Å²) in [5.41, 5.74) is 2.60. The quantitative estimate of drug-likeness (QED) is 0.643. The number of rotatable bonds is 5. The molecule has 6 nitrogen and oxygen atoms in total. The first-order valence-electron chi connectivity index (χ1n) is 8.43. The van der Waals surface area contributed by atoms with E-state index in [0.29, 0.717) is 23.0 Å². The molecule has 0 unspecified atom stereocenters. The molecule has 3 aromatic rings. The molecule has 1 aliphatic heterocycles. The zero-order valence-electron chi connectivity index (χ0n) is 15.3. The van der Waals surface area contributed by atoms with Crippen molar-refractivity contribution >= 4 is 22.9 Å². The zero-order valence-corrected chi connectivity index (χ0v) is 15.3. The van der Waals surface area contributed by atoms with E-state index in [0.717, 1.165) is 34.0 Å². The van der Waals surface area contributed by atoms with E-state index in [1.165, 1.54) is 0 Å². The predicted molar refractivity (Wildman–Crippen MR) is 103 cm³/mol. The van der Waals surface area contributed by atoms with Gasteiger partial charge in [0, 0.05) is 18.0 Å². The smallest absolute Gasteiger partial charge is 0.231 e. The number of carbonyl (C=O) groups is 1. The number of anilines is 1. The number of fused-ring (bicyclic) bond motifs is 2. The predicted octanol–water partition coefficient (Wildman–Crippen LogP) is 3.85. The van der Waals surface area contributed by atoms with Crippen molar-refractivity contribution in [3.63, 3.8) is 0 Å². The van der Waals surface area contributed by atoms with Crippen molar-refractivity contribution in [2.24, 2.45) is 0 Å². The lowest BCUT2D eigenvalue weighted by atomic mass is 9.97. The van der Waals surface area contributed by atoms with Crippen LogP contribution in [-0.4, -0.2) is 34.5 Å². The van der Waals surface area contributed by atoms with Crippen LogP contribution in [-0.2, 0) is 4.79 Å². The van der Waals surface area contributed by atoms with Crippen molar-refractivity contribution in [1.29, 1.82) is 0 Å². The number of carbonyl (C=O) groups excluding carboxylic acids is 1.